The molecule has 3 amide bonds. The Kier molecular flexibility index (Phi) is 9.87. The highest BCUT2D eigenvalue weighted by molar-refractivity contribution is 9.11. The van der Waals surface area contributed by atoms with Gasteiger partial charge in [-0.3, -0.25) is 19.2 Å². The van der Waals surface area contributed by atoms with Gasteiger partial charge in [0.25, 0.3) is 0 Å². The number of carbonyl (C=O) groups is 4. The number of aliphatic hydroxyl groups is 1. The number of hydrogen-bond donors (Lipinski definition) is 2. The summed E-state index contributed by atoms with van der Waals surface area (Å²) in [4.78, 5) is 57.4. The van der Waals surface area contributed by atoms with Crippen LogP contribution in [-0.4, -0.2) is 95.2 Å². The monoisotopic (exact) mass is 609 g/mol. The van der Waals surface area contributed by atoms with E-state index in [1.165, 1.54) is 0 Å². The average Bonchev–Trinajstić information content (AvgIpc) is 3.49. The number of amides is 3. The summed E-state index contributed by atoms with van der Waals surface area (Å²) < 4.78 is 12.8. The van der Waals surface area contributed by atoms with Crippen molar-refractivity contribution < 1.29 is 33.8 Å². The van der Waals surface area contributed by atoms with Gasteiger partial charge in [-0.25, -0.2) is 0 Å². The van der Waals surface area contributed by atoms with Crippen molar-refractivity contribution in [2.75, 3.05) is 32.8 Å². The number of halogens is 1. The Morgan fingerprint density at radius 1 is 1.10 bits per heavy atom. The Morgan fingerprint density at radius 2 is 1.87 bits per heavy atom. The van der Waals surface area contributed by atoms with Gasteiger partial charge in [-0.2, -0.15) is 0 Å². The van der Waals surface area contributed by atoms with E-state index in [-0.39, 0.29) is 43.8 Å². The molecule has 0 aromatic heterocycles. The molecule has 5 bridgehead atoms. The number of carbonyl (C=O) groups excluding carboxylic acids is 4. The summed E-state index contributed by atoms with van der Waals surface area (Å²) in [6.45, 7) is 5.07. The summed E-state index contributed by atoms with van der Waals surface area (Å²) in [5.74, 6) is -3.08. The summed E-state index contributed by atoms with van der Waals surface area (Å²) in [6, 6.07) is -0.935. The maximum atomic E-state index is 14.3. The zero-order valence-corrected chi connectivity index (χ0v) is 24.4. The summed E-state index contributed by atoms with van der Waals surface area (Å²) in [5.41, 5.74) is -1.29. The van der Waals surface area contributed by atoms with Gasteiger partial charge < -0.3 is 29.7 Å². The number of cyclic esters (lactones) is 1. The number of rotatable bonds is 8. The molecular formula is C28H40BrN3O7. The number of unbranched alkanes of at least 4 members (excludes halogenated alkanes) is 3. The average molecular weight is 611 g/mol. The lowest BCUT2D eigenvalue weighted by atomic mass is 9.74. The van der Waals surface area contributed by atoms with E-state index >= 15 is 0 Å². The number of nitrogens with zero attached hydrogens (tertiary/aromatic N) is 2. The fourth-order valence-electron chi connectivity index (χ4n) is 6.12. The topological polar surface area (TPSA) is 125 Å². The van der Waals surface area contributed by atoms with E-state index in [1.54, 1.807) is 22.8 Å². The fraction of sp³-hybridized carbons (Fsp3) is 0.714. The molecule has 0 aromatic carbocycles. The first-order chi connectivity index (χ1) is 18.7. The lowest BCUT2D eigenvalue weighted by molar-refractivity contribution is -0.158. The Balaban J connectivity index is 1.74. The van der Waals surface area contributed by atoms with E-state index in [9.17, 15) is 24.3 Å². The zero-order chi connectivity index (χ0) is 28.2. The van der Waals surface area contributed by atoms with Crippen molar-refractivity contribution in [1.82, 2.24) is 15.1 Å². The van der Waals surface area contributed by atoms with Gasteiger partial charge in [0.2, 0.25) is 17.7 Å². The summed E-state index contributed by atoms with van der Waals surface area (Å²) in [5, 5.41) is 12.2. The van der Waals surface area contributed by atoms with Crippen LogP contribution in [0.2, 0.25) is 0 Å². The van der Waals surface area contributed by atoms with Crippen LogP contribution in [0.1, 0.15) is 58.8 Å². The number of allylic oxidation sites excluding steroid dienone is 1. The normalized spacial score (nSPS) is 34.2. The summed E-state index contributed by atoms with van der Waals surface area (Å²) >= 11 is 3.54. The third kappa shape index (κ3) is 5.95. The van der Waals surface area contributed by atoms with Gasteiger partial charge in [0.05, 0.1) is 12.5 Å². The summed E-state index contributed by atoms with van der Waals surface area (Å²) in [7, 11) is 0. The standard InChI is InChI=1S/C28H40BrN3O7/c1-3-4-7-12-31-13-8-5-6-11-20(34)30-17-18(2)38-27(37)21-22-25(35)32(14-9-10-15-33)24(26(31)36)28(22)16-19(29)23(21)39-28/h5,8,16,18,21-24,33H,3-4,6-7,9-15,17H2,1-2H3,(H,30,34)/b8-5-/t18-,21+,22-,23+,24+,28-/m0/s1. The van der Waals surface area contributed by atoms with E-state index in [1.807, 2.05) is 12.2 Å². The molecule has 2 saturated heterocycles. The number of esters is 1. The molecule has 0 aliphatic carbocycles. The van der Waals surface area contributed by atoms with E-state index in [0.29, 0.717) is 36.8 Å². The minimum atomic E-state index is -1.29. The molecule has 4 rings (SSSR count). The first-order valence-electron chi connectivity index (χ1n) is 14.1. The highest BCUT2D eigenvalue weighted by Crippen LogP contribution is 2.58. The summed E-state index contributed by atoms with van der Waals surface area (Å²) in [6.07, 6.45) is 8.85. The van der Waals surface area contributed by atoms with Crippen molar-refractivity contribution in [3.05, 3.63) is 22.7 Å². The van der Waals surface area contributed by atoms with Crippen LogP contribution in [0.15, 0.2) is 22.7 Å². The Hall–Kier alpha value is -2.24. The van der Waals surface area contributed by atoms with E-state index in [2.05, 4.69) is 28.2 Å². The van der Waals surface area contributed by atoms with Crippen LogP contribution in [0, 0.1) is 11.8 Å². The number of likely N-dealkylation sites (tertiary alicyclic amines) is 1. The highest BCUT2D eigenvalue weighted by atomic mass is 79.9. The smallest absolute Gasteiger partial charge is 0.313 e. The molecule has 0 aromatic rings. The van der Waals surface area contributed by atoms with Crippen LogP contribution in [0.5, 0.6) is 0 Å². The third-order valence-electron chi connectivity index (χ3n) is 8.02. The molecule has 11 heteroatoms. The van der Waals surface area contributed by atoms with Crippen molar-refractivity contribution in [3.63, 3.8) is 0 Å². The van der Waals surface area contributed by atoms with Gasteiger partial charge in [-0.15, -0.1) is 0 Å². The van der Waals surface area contributed by atoms with Gasteiger partial charge in [-0.1, -0.05) is 47.8 Å². The number of ether oxygens (including phenoxy) is 2. The van der Waals surface area contributed by atoms with Crippen LogP contribution in [0.4, 0.5) is 0 Å². The highest BCUT2D eigenvalue weighted by Gasteiger charge is 2.74. The molecule has 2 N–H and O–H groups in total. The number of hydrogen-bond acceptors (Lipinski definition) is 7. The van der Waals surface area contributed by atoms with Crippen LogP contribution < -0.4 is 5.32 Å². The van der Waals surface area contributed by atoms with Gasteiger partial charge in [0.15, 0.2) is 0 Å². The lowest BCUT2D eigenvalue weighted by Crippen LogP contribution is -2.56. The molecular weight excluding hydrogens is 570 g/mol. The zero-order valence-electron chi connectivity index (χ0n) is 22.8. The molecule has 4 aliphatic rings. The second kappa shape index (κ2) is 13.0. The molecule has 39 heavy (non-hydrogen) atoms. The van der Waals surface area contributed by atoms with Crippen molar-refractivity contribution in [2.45, 2.75) is 82.6 Å². The largest absolute Gasteiger partial charge is 0.460 e. The van der Waals surface area contributed by atoms with Crippen LogP contribution in [-0.2, 0) is 28.7 Å². The van der Waals surface area contributed by atoms with Gasteiger partial charge >= 0.3 is 5.97 Å². The Bertz CT molecular complexity index is 1020. The molecule has 2 fully saturated rings. The lowest BCUT2D eigenvalue weighted by Gasteiger charge is -2.36. The van der Waals surface area contributed by atoms with Crippen molar-refractivity contribution in [3.8, 4) is 0 Å². The van der Waals surface area contributed by atoms with E-state index in [4.69, 9.17) is 9.47 Å². The molecule has 0 radical (unpaired) electrons. The maximum absolute atomic E-state index is 14.3. The van der Waals surface area contributed by atoms with Crippen molar-refractivity contribution in [2.24, 2.45) is 11.8 Å². The molecule has 0 unspecified atom stereocenters. The van der Waals surface area contributed by atoms with Crippen molar-refractivity contribution >= 4 is 39.6 Å². The minimum Gasteiger partial charge on any atom is -0.460 e. The van der Waals surface area contributed by atoms with Crippen LogP contribution in [0.3, 0.4) is 0 Å². The molecule has 4 aliphatic heterocycles. The molecule has 4 heterocycles. The molecule has 0 saturated carbocycles. The predicted molar refractivity (Wildman–Crippen MR) is 146 cm³/mol. The second-order valence-electron chi connectivity index (χ2n) is 10.8. The van der Waals surface area contributed by atoms with Gasteiger partial charge in [0, 0.05) is 37.1 Å². The van der Waals surface area contributed by atoms with Gasteiger partial charge in [0.1, 0.15) is 29.8 Å². The molecule has 6 atom stereocenters. The molecule has 10 nitrogen and oxygen atoms in total. The molecule has 1 spiro atoms. The minimum absolute atomic E-state index is 0.0173. The van der Waals surface area contributed by atoms with Crippen molar-refractivity contribution in [1.29, 1.82) is 0 Å². The number of fused-ring (bicyclic) bond motifs is 2. The SMILES string of the molecule is CCCCCN1C/C=C\CCC(=O)NC[C@H](C)OC(=O)[C@H]2[C@@H]3O[C@@]4(C=C3Br)[C@@H]2C(=O)N(CCCCO)[C@@H]4C1=O. The number of nitrogens with one attached hydrogen (secondary N) is 1. The van der Waals surface area contributed by atoms with Gasteiger partial charge in [-0.05, 0) is 38.7 Å². The quantitative estimate of drug-likeness (QED) is 0.245. The molecule has 216 valence electrons. The predicted octanol–water partition coefficient (Wildman–Crippen LogP) is 2.05. The Labute approximate surface area is 238 Å². The third-order valence-corrected chi connectivity index (χ3v) is 8.70. The second-order valence-corrected chi connectivity index (χ2v) is 11.8. The first-order valence-corrected chi connectivity index (χ1v) is 14.9. The van der Waals surface area contributed by atoms with E-state index < -0.39 is 41.7 Å². The van der Waals surface area contributed by atoms with Crippen LogP contribution in [0.25, 0.3) is 0 Å². The first kappa shape index (κ1) is 29.7. The fourth-order valence-corrected chi connectivity index (χ4v) is 6.85. The number of aliphatic hydroxyl groups excluding tert-OH is 1. The van der Waals surface area contributed by atoms with E-state index in [0.717, 1.165) is 19.3 Å². The maximum Gasteiger partial charge on any atom is 0.313 e. The van der Waals surface area contributed by atoms with Crippen LogP contribution >= 0.6 is 15.9 Å². The Morgan fingerprint density at radius 3 is 2.62 bits per heavy atom.